The molecule has 0 saturated carbocycles. The molecule has 10 aromatic rings. The van der Waals surface area contributed by atoms with Crippen LogP contribution in [0.4, 0.5) is 45.5 Å². The normalized spacial score (nSPS) is 13.5. The van der Waals surface area contributed by atoms with E-state index in [1.54, 1.807) is 110 Å². The van der Waals surface area contributed by atoms with Crippen LogP contribution in [-0.2, 0) is 30.7 Å². The number of amides is 6. The lowest BCUT2D eigenvalue weighted by atomic mass is 10.0. The first-order chi connectivity index (χ1) is 63.0. The molecule has 5 heterocycles. The van der Waals surface area contributed by atoms with E-state index in [-0.39, 0.29) is 81.2 Å². The van der Waals surface area contributed by atoms with Gasteiger partial charge in [-0.3, -0.25) is 89.5 Å². The van der Waals surface area contributed by atoms with E-state index >= 15 is 0 Å². The molecule has 33 heteroatoms. The van der Waals surface area contributed by atoms with Gasteiger partial charge in [0.05, 0.1) is 95.5 Å². The van der Waals surface area contributed by atoms with E-state index in [1.165, 1.54) is 84.5 Å². The minimum absolute atomic E-state index is 0.0837. The predicted octanol–water partition coefficient (Wildman–Crippen LogP) is 18.6. The highest BCUT2D eigenvalue weighted by Crippen LogP contribution is 2.37. The van der Waals surface area contributed by atoms with Crippen LogP contribution in [0.1, 0.15) is 144 Å². The van der Waals surface area contributed by atoms with Crippen molar-refractivity contribution >= 4 is 117 Å². The summed E-state index contributed by atoms with van der Waals surface area (Å²) in [5.74, 6) is 0.0863. The lowest BCUT2D eigenvalue weighted by Crippen LogP contribution is -2.40. The number of morpholine rings is 1. The van der Waals surface area contributed by atoms with Gasteiger partial charge in [-0.05, 0) is 165 Å². The van der Waals surface area contributed by atoms with Crippen LogP contribution in [0.2, 0.25) is 0 Å². The molecule has 0 spiro atoms. The van der Waals surface area contributed by atoms with Gasteiger partial charge in [-0.15, -0.1) is 0 Å². The Hall–Kier alpha value is -16.6. The number of nitrogens with zero attached hydrogens (tertiary/aromatic N) is 12. The number of carbonyl (C=O) groups is 6. The lowest BCUT2D eigenvalue weighted by Gasteiger charge is -2.29. The molecule has 0 bridgehead atoms. The molecule has 5 aliphatic rings. The van der Waals surface area contributed by atoms with Gasteiger partial charge < -0.3 is 43.6 Å². The molecule has 15 rings (SSSR count). The van der Waals surface area contributed by atoms with Gasteiger partial charge in [0.1, 0.15) is 18.1 Å². The van der Waals surface area contributed by atoms with E-state index in [0.29, 0.717) is 151 Å². The van der Waals surface area contributed by atoms with Crippen molar-refractivity contribution in [2.45, 2.75) is 58.7 Å². The standard InChI is InChI=1S/C20H20N2O3.C18H16N2O4.C17H14N2O4.C17H14N2O3.C13H14N2O4.C13H16N2O3/c1-2-16-10-11-17(14-19(16)22(24)25)20(23)21-12-6-9-18(21)13-15-7-4-3-5-8-15;1-3-12-4-5-13(9-17(12)20(22)23)18(21)19-10-14-6-7-16(24-2)8-15(14)11-19;1-2-12-7-8-13(11-15(12)19(21)22)17(20)18-9-10-23-16-6-4-3-5-14(16)18;1-2-12-7-8-14(11-16(12)19(21)22)17(20)18-10-9-13-5-3-4-6-15(13)18;1-2-10-3-4-11(9-12(10)15(17)18)13(16)14-5-7-19-8-6-14;1-4-10-7-8-11(9-12(10)15(17)18)13(16)14(5-2)6-3/h2-5,7-8,10-11,14,18H,1,6,9,12-13H2;3-9H,1,10-11H2,2H3;2-8,11H,1,9-10H2;2-8,11H,1,9-10H2;2-4,9H,1,5-8H2;4,7-9H,1,5-6H2,2-3H3. The number of likely N-dealkylation sites (tertiary alicyclic amines) is 1. The maximum Gasteiger partial charge on any atom is 0.277 e. The molecule has 0 radical (unpaired) electrons. The molecule has 672 valence electrons. The first kappa shape index (κ1) is 96.6. The summed E-state index contributed by atoms with van der Waals surface area (Å²) in [5.41, 5.74) is 9.61. The number of anilines is 2. The minimum Gasteiger partial charge on any atom is -0.497 e. The summed E-state index contributed by atoms with van der Waals surface area (Å²) in [6, 6.07) is 57.6. The molecule has 131 heavy (non-hydrogen) atoms. The zero-order chi connectivity index (χ0) is 94.7. The molecule has 33 nitrogen and oxygen atoms in total. The molecule has 0 aromatic heterocycles. The molecular formula is C98H94N12O21. The summed E-state index contributed by atoms with van der Waals surface area (Å²) in [7, 11) is 1.60. The smallest absolute Gasteiger partial charge is 0.277 e. The zero-order valence-electron chi connectivity index (χ0n) is 72.2. The second kappa shape index (κ2) is 45.5. The maximum atomic E-state index is 12.9. The van der Waals surface area contributed by atoms with Crippen molar-refractivity contribution in [3.8, 4) is 11.5 Å². The second-order valence-corrected chi connectivity index (χ2v) is 29.7. The summed E-state index contributed by atoms with van der Waals surface area (Å²) in [4.78, 5) is 149. The quantitative estimate of drug-likeness (QED) is 0.0424. The van der Waals surface area contributed by atoms with E-state index < -0.39 is 29.5 Å². The number of para-hydroxylation sites is 3. The Balaban J connectivity index is 0.000000164. The predicted molar refractivity (Wildman–Crippen MR) is 499 cm³/mol. The van der Waals surface area contributed by atoms with Crippen molar-refractivity contribution < 1.29 is 72.5 Å². The first-order valence-electron chi connectivity index (χ1n) is 41.4. The highest BCUT2D eigenvalue weighted by atomic mass is 16.6. The number of rotatable bonds is 23. The van der Waals surface area contributed by atoms with E-state index in [0.717, 1.165) is 53.8 Å². The average Bonchev–Trinajstić information content (AvgIpc) is 1.69. The lowest BCUT2D eigenvalue weighted by molar-refractivity contribution is -0.385. The molecule has 5 aliphatic heterocycles. The molecule has 2 saturated heterocycles. The summed E-state index contributed by atoms with van der Waals surface area (Å²) in [6.07, 6.45) is 12.0. The van der Waals surface area contributed by atoms with Gasteiger partial charge in [0, 0.05) is 134 Å². The van der Waals surface area contributed by atoms with E-state index in [9.17, 15) is 89.5 Å². The number of methoxy groups -OCH3 is 1. The zero-order valence-corrected chi connectivity index (χ0v) is 72.2. The molecule has 10 aromatic carbocycles. The van der Waals surface area contributed by atoms with Gasteiger partial charge in [0.15, 0.2) is 0 Å². The monoisotopic (exact) mass is 1770 g/mol. The van der Waals surface area contributed by atoms with Crippen molar-refractivity contribution in [1.29, 1.82) is 0 Å². The Labute approximate surface area is 753 Å². The van der Waals surface area contributed by atoms with Crippen LogP contribution in [0.15, 0.2) is 246 Å². The van der Waals surface area contributed by atoms with Crippen LogP contribution in [0.5, 0.6) is 11.5 Å². The van der Waals surface area contributed by atoms with Crippen molar-refractivity contribution in [2.24, 2.45) is 0 Å². The van der Waals surface area contributed by atoms with Crippen LogP contribution in [0.25, 0.3) is 36.5 Å². The van der Waals surface area contributed by atoms with Crippen LogP contribution < -0.4 is 19.3 Å². The number of ether oxygens (including phenoxy) is 3. The van der Waals surface area contributed by atoms with Crippen LogP contribution in [0.3, 0.4) is 0 Å². The molecule has 0 aliphatic carbocycles. The third-order valence-electron chi connectivity index (χ3n) is 22.0. The Morgan fingerprint density at radius 2 is 0.794 bits per heavy atom. The van der Waals surface area contributed by atoms with Crippen molar-refractivity contribution in [3.05, 3.63) is 395 Å². The first-order valence-corrected chi connectivity index (χ1v) is 41.4. The third-order valence-corrected chi connectivity index (χ3v) is 22.0. The Kier molecular flexibility index (Phi) is 33.6. The van der Waals surface area contributed by atoms with Crippen LogP contribution in [0, 0.1) is 60.7 Å². The van der Waals surface area contributed by atoms with Gasteiger partial charge in [0.2, 0.25) is 0 Å². The Bertz CT molecular complexity index is 6110. The maximum absolute atomic E-state index is 12.9. The number of nitro groups is 6. The fourth-order valence-corrected chi connectivity index (χ4v) is 15.1. The molecule has 2 fully saturated rings. The second-order valence-electron chi connectivity index (χ2n) is 29.7. The van der Waals surface area contributed by atoms with Crippen molar-refractivity contribution in [1.82, 2.24) is 19.6 Å². The number of hydrogen-bond donors (Lipinski definition) is 0. The summed E-state index contributed by atoms with van der Waals surface area (Å²) in [6.45, 7) is 31.2. The van der Waals surface area contributed by atoms with E-state index in [2.05, 4.69) is 51.6 Å². The van der Waals surface area contributed by atoms with E-state index in [4.69, 9.17) is 14.2 Å². The topological polar surface area (TPSA) is 408 Å². The van der Waals surface area contributed by atoms with Crippen LogP contribution >= 0.6 is 0 Å². The molecule has 0 N–H and O–H groups in total. The van der Waals surface area contributed by atoms with Gasteiger partial charge >= 0.3 is 0 Å². The average molecular weight is 1780 g/mol. The number of nitro benzene ring substituents is 6. The fourth-order valence-electron chi connectivity index (χ4n) is 15.1. The van der Waals surface area contributed by atoms with Gasteiger partial charge in [0.25, 0.3) is 69.6 Å². The van der Waals surface area contributed by atoms with Gasteiger partial charge in [-0.1, -0.05) is 143 Å². The third kappa shape index (κ3) is 23.8. The van der Waals surface area contributed by atoms with Crippen molar-refractivity contribution in [2.75, 3.05) is 82.5 Å². The number of fused-ring (bicyclic) bond motifs is 3. The van der Waals surface area contributed by atoms with E-state index in [1.807, 2.05) is 91.5 Å². The highest BCUT2D eigenvalue weighted by molar-refractivity contribution is 6.09. The highest BCUT2D eigenvalue weighted by Gasteiger charge is 2.34. The Morgan fingerprint density at radius 1 is 0.405 bits per heavy atom. The molecule has 6 amide bonds. The number of benzene rings is 10. The fraction of sp³-hybridized carbons (Fsp3) is 0.204. The molecular weight excluding hydrogens is 1680 g/mol. The SMILES string of the molecule is C=Cc1ccc(C(=O)N(CC)CC)cc1[N+](=O)[O-].C=Cc1ccc(C(=O)N2CCCC2Cc2ccccc2)cc1[N+](=O)[O-].C=Cc1ccc(C(=O)N2CCOCC2)cc1[N+](=O)[O-].C=Cc1ccc(C(=O)N2CCOc3ccccc32)cc1[N+](=O)[O-].C=Cc1ccc(C(=O)N2CCc3ccccc32)cc1[N+](=O)[O-].C=Cc1ccc(C(=O)N2Cc3ccc(OC)cc3C2)cc1[N+](=O)[O-]. The summed E-state index contributed by atoms with van der Waals surface area (Å²) < 4.78 is 15.9. The molecule has 1 atom stereocenters. The minimum atomic E-state index is -0.513. The summed E-state index contributed by atoms with van der Waals surface area (Å²) >= 11 is 0. The van der Waals surface area contributed by atoms with Gasteiger partial charge in [-0.2, -0.15) is 0 Å². The Morgan fingerprint density at radius 3 is 1.24 bits per heavy atom. The molecule has 1 unspecified atom stereocenters. The largest absolute Gasteiger partial charge is 0.497 e. The number of carbonyl (C=O) groups excluding carboxylic acids is 6. The van der Waals surface area contributed by atoms with Gasteiger partial charge in [-0.25, -0.2) is 0 Å². The number of hydrogen-bond acceptors (Lipinski definition) is 21. The van der Waals surface area contributed by atoms with Crippen molar-refractivity contribution in [3.63, 3.8) is 0 Å². The summed E-state index contributed by atoms with van der Waals surface area (Å²) in [5, 5.41) is 66.5. The van der Waals surface area contributed by atoms with Crippen LogP contribution in [-0.4, -0.2) is 163 Å².